The van der Waals surface area contributed by atoms with E-state index in [0.29, 0.717) is 0 Å². The van der Waals surface area contributed by atoms with Crippen molar-refractivity contribution in [2.45, 2.75) is 46.2 Å². The predicted molar refractivity (Wildman–Crippen MR) is 119 cm³/mol. The first-order valence-corrected chi connectivity index (χ1v) is 10.6. The lowest BCUT2D eigenvalue weighted by atomic mass is 10.0. The van der Waals surface area contributed by atoms with Crippen LogP contribution < -0.4 is 4.90 Å². The van der Waals surface area contributed by atoms with E-state index in [9.17, 15) is 0 Å². The minimum absolute atomic E-state index is 0.00276. The van der Waals surface area contributed by atoms with Crippen LogP contribution in [0, 0.1) is 13.8 Å². The van der Waals surface area contributed by atoms with Crippen LogP contribution in [0.25, 0.3) is 0 Å². The van der Waals surface area contributed by atoms with Gasteiger partial charge in [-0.05, 0) is 79.9 Å². The molecule has 7 nitrogen and oxygen atoms in total. The van der Waals surface area contributed by atoms with E-state index in [4.69, 9.17) is 0 Å². The van der Waals surface area contributed by atoms with Crippen LogP contribution in [0.3, 0.4) is 0 Å². The van der Waals surface area contributed by atoms with Gasteiger partial charge in [-0.2, -0.15) is 0 Å². The van der Waals surface area contributed by atoms with Crippen molar-refractivity contribution in [3.05, 3.63) is 65.2 Å². The fourth-order valence-corrected chi connectivity index (χ4v) is 4.21. The van der Waals surface area contributed by atoms with E-state index in [1.54, 1.807) is 0 Å². The summed E-state index contributed by atoms with van der Waals surface area (Å²) in [7, 11) is 0. The van der Waals surface area contributed by atoms with Gasteiger partial charge in [-0.15, -0.1) is 5.10 Å². The molecule has 0 spiro atoms. The molecule has 0 unspecified atom stereocenters. The second-order valence-corrected chi connectivity index (χ2v) is 9.04. The van der Waals surface area contributed by atoms with Gasteiger partial charge in [0, 0.05) is 44.3 Å². The maximum atomic E-state index is 4.46. The Balaban J connectivity index is 1.63. The number of nitrogens with zero attached hydrogens (tertiary/aromatic N) is 7. The van der Waals surface area contributed by atoms with Crippen molar-refractivity contribution >= 4 is 5.69 Å². The third-order valence-electron chi connectivity index (χ3n) is 5.99. The van der Waals surface area contributed by atoms with Gasteiger partial charge in [0.05, 0.1) is 11.6 Å². The summed E-state index contributed by atoms with van der Waals surface area (Å²) in [5, 5.41) is 12.8. The summed E-state index contributed by atoms with van der Waals surface area (Å²) in [6.07, 6.45) is 3.69. The van der Waals surface area contributed by atoms with Crippen molar-refractivity contribution in [1.82, 2.24) is 30.1 Å². The second-order valence-electron chi connectivity index (χ2n) is 9.04. The zero-order chi connectivity index (χ0) is 21.3. The van der Waals surface area contributed by atoms with Crippen LogP contribution in [0.15, 0.2) is 42.7 Å². The second kappa shape index (κ2) is 8.14. The van der Waals surface area contributed by atoms with E-state index in [-0.39, 0.29) is 11.6 Å². The van der Waals surface area contributed by atoms with Gasteiger partial charge in [0.15, 0.2) is 5.82 Å². The number of aryl methyl sites for hydroxylation is 1. The molecule has 4 rings (SSSR count). The standard InChI is InChI=1S/C23H31N7/c1-17-7-6-8-20(18(17)2)28-13-15-29(16-14-28)21(19-9-11-24-12-10-19)22-25-26-27-30(22)23(3,4)5/h6-12,21H,13-16H2,1-5H3/t21-/m1/s1. The van der Waals surface area contributed by atoms with Gasteiger partial charge in [0.2, 0.25) is 0 Å². The highest BCUT2D eigenvalue weighted by atomic mass is 15.6. The van der Waals surface area contributed by atoms with Crippen LogP contribution in [-0.2, 0) is 5.54 Å². The number of rotatable bonds is 4. The number of aromatic nitrogens is 5. The molecule has 158 valence electrons. The largest absolute Gasteiger partial charge is 0.369 e. The third-order valence-corrected chi connectivity index (χ3v) is 5.99. The molecule has 0 N–H and O–H groups in total. The van der Waals surface area contributed by atoms with Gasteiger partial charge in [-0.25, -0.2) is 4.68 Å². The molecule has 1 aromatic carbocycles. The van der Waals surface area contributed by atoms with Gasteiger partial charge in [-0.3, -0.25) is 9.88 Å². The molecular weight excluding hydrogens is 374 g/mol. The zero-order valence-corrected chi connectivity index (χ0v) is 18.6. The predicted octanol–water partition coefficient (Wildman–Crippen LogP) is 3.35. The quantitative estimate of drug-likeness (QED) is 0.663. The number of tetrazole rings is 1. The minimum atomic E-state index is -0.190. The molecule has 0 amide bonds. The van der Waals surface area contributed by atoms with Crippen LogP contribution in [0.2, 0.25) is 0 Å². The molecule has 0 bridgehead atoms. The van der Waals surface area contributed by atoms with Crippen molar-refractivity contribution in [2.24, 2.45) is 0 Å². The third kappa shape index (κ3) is 3.94. The number of anilines is 1. The van der Waals surface area contributed by atoms with Crippen LogP contribution >= 0.6 is 0 Å². The number of piperazine rings is 1. The molecule has 3 aromatic rings. The van der Waals surface area contributed by atoms with Gasteiger partial charge < -0.3 is 4.90 Å². The zero-order valence-electron chi connectivity index (χ0n) is 18.6. The Labute approximate surface area is 178 Å². The Bertz CT molecular complexity index is 982. The van der Waals surface area contributed by atoms with Gasteiger partial charge in [0.25, 0.3) is 0 Å². The molecule has 2 aromatic heterocycles. The van der Waals surface area contributed by atoms with E-state index in [2.05, 4.69) is 95.3 Å². The summed E-state index contributed by atoms with van der Waals surface area (Å²) in [4.78, 5) is 9.20. The van der Waals surface area contributed by atoms with Crippen LogP contribution in [0.4, 0.5) is 5.69 Å². The number of hydrogen-bond donors (Lipinski definition) is 0. The lowest BCUT2D eigenvalue weighted by molar-refractivity contribution is 0.191. The average molecular weight is 406 g/mol. The Morgan fingerprint density at radius 2 is 1.63 bits per heavy atom. The minimum Gasteiger partial charge on any atom is -0.369 e. The molecule has 1 fully saturated rings. The van der Waals surface area contributed by atoms with Gasteiger partial charge >= 0.3 is 0 Å². The normalized spacial score (nSPS) is 16.6. The molecule has 1 aliphatic heterocycles. The Morgan fingerprint density at radius 1 is 0.933 bits per heavy atom. The highest BCUT2D eigenvalue weighted by molar-refractivity contribution is 5.56. The van der Waals surface area contributed by atoms with E-state index in [0.717, 1.165) is 32.0 Å². The fourth-order valence-electron chi connectivity index (χ4n) is 4.21. The first-order valence-electron chi connectivity index (χ1n) is 10.6. The highest BCUT2D eigenvalue weighted by Crippen LogP contribution is 2.31. The molecule has 30 heavy (non-hydrogen) atoms. The molecule has 0 aliphatic carbocycles. The lowest BCUT2D eigenvalue weighted by Crippen LogP contribution is -2.49. The number of pyridine rings is 1. The highest BCUT2D eigenvalue weighted by Gasteiger charge is 2.33. The van der Waals surface area contributed by atoms with Crippen molar-refractivity contribution in [2.75, 3.05) is 31.1 Å². The van der Waals surface area contributed by atoms with E-state index < -0.39 is 0 Å². The molecule has 1 atom stereocenters. The monoisotopic (exact) mass is 405 g/mol. The van der Waals surface area contributed by atoms with Gasteiger partial charge in [0.1, 0.15) is 0 Å². The van der Waals surface area contributed by atoms with Crippen molar-refractivity contribution in [3.63, 3.8) is 0 Å². The number of benzene rings is 1. The van der Waals surface area contributed by atoms with Crippen molar-refractivity contribution in [3.8, 4) is 0 Å². The molecule has 3 heterocycles. The molecule has 0 radical (unpaired) electrons. The first kappa shape index (κ1) is 20.5. The first-order chi connectivity index (χ1) is 14.4. The van der Waals surface area contributed by atoms with E-state index in [1.165, 1.54) is 22.4 Å². The summed E-state index contributed by atoms with van der Waals surface area (Å²) in [5.74, 6) is 0.883. The maximum absolute atomic E-state index is 4.46. The van der Waals surface area contributed by atoms with Crippen LogP contribution in [0.5, 0.6) is 0 Å². The summed E-state index contributed by atoms with van der Waals surface area (Å²) < 4.78 is 1.95. The smallest absolute Gasteiger partial charge is 0.173 e. The Morgan fingerprint density at radius 3 is 2.30 bits per heavy atom. The van der Waals surface area contributed by atoms with Crippen LogP contribution in [0.1, 0.15) is 49.3 Å². The summed E-state index contributed by atoms with van der Waals surface area (Å²) in [6.45, 7) is 14.6. The molecular formula is C23H31N7. The van der Waals surface area contributed by atoms with Gasteiger partial charge in [-0.1, -0.05) is 12.1 Å². The molecule has 0 saturated carbocycles. The number of hydrogen-bond acceptors (Lipinski definition) is 6. The average Bonchev–Trinajstić information content (AvgIpc) is 3.22. The maximum Gasteiger partial charge on any atom is 0.173 e. The van der Waals surface area contributed by atoms with Crippen molar-refractivity contribution in [1.29, 1.82) is 0 Å². The van der Waals surface area contributed by atoms with Crippen molar-refractivity contribution < 1.29 is 0 Å². The molecule has 7 heteroatoms. The van der Waals surface area contributed by atoms with Crippen LogP contribution in [-0.4, -0.2) is 56.3 Å². The SMILES string of the molecule is Cc1cccc(N2CCN([C@H](c3ccncc3)c3nnnn3C(C)(C)C)CC2)c1C. The summed E-state index contributed by atoms with van der Waals surface area (Å²) in [5.41, 5.74) is 5.03. The fraction of sp³-hybridized carbons (Fsp3) is 0.478. The van der Waals surface area contributed by atoms with E-state index in [1.807, 2.05) is 17.1 Å². The topological polar surface area (TPSA) is 63.0 Å². The Kier molecular flexibility index (Phi) is 5.56. The molecule has 1 aliphatic rings. The lowest BCUT2D eigenvalue weighted by Gasteiger charge is -2.41. The molecule has 1 saturated heterocycles. The summed E-state index contributed by atoms with van der Waals surface area (Å²) in [6, 6.07) is 10.7. The van der Waals surface area contributed by atoms with E-state index >= 15 is 0 Å². The Hall–Kier alpha value is -2.80. The summed E-state index contributed by atoms with van der Waals surface area (Å²) >= 11 is 0.